The fraction of sp³-hybridized carbons (Fsp3) is 0.600. The van der Waals surface area contributed by atoms with E-state index in [1.54, 1.807) is 0 Å². The molecule has 0 aliphatic carbocycles. The van der Waals surface area contributed by atoms with Crippen molar-refractivity contribution in [3.8, 4) is 0 Å². The number of hydrogen-bond acceptors (Lipinski definition) is 1. The maximum Gasteiger partial charge on any atom is 0.126 e. The molecule has 0 saturated heterocycles. The first-order chi connectivity index (χ1) is 8.60. The van der Waals surface area contributed by atoms with Crippen LogP contribution in [0.3, 0.4) is 0 Å². The molecule has 1 nitrogen and oxygen atoms in total. The van der Waals surface area contributed by atoms with Gasteiger partial charge < -0.3 is 5.32 Å². The highest BCUT2D eigenvalue weighted by Gasteiger charge is 2.18. The summed E-state index contributed by atoms with van der Waals surface area (Å²) in [5.41, 5.74) is 0.727. The molecule has 1 atom stereocenters. The number of rotatable bonds is 7. The lowest BCUT2D eigenvalue weighted by atomic mass is 9.89. The fourth-order valence-electron chi connectivity index (χ4n) is 2.51. The minimum Gasteiger partial charge on any atom is -0.314 e. The van der Waals surface area contributed by atoms with Crippen molar-refractivity contribution < 1.29 is 8.78 Å². The molecule has 0 spiro atoms. The molecule has 1 N–H and O–H groups in total. The van der Waals surface area contributed by atoms with E-state index in [0.29, 0.717) is 12.3 Å². The summed E-state index contributed by atoms with van der Waals surface area (Å²) < 4.78 is 26.3. The third-order valence-corrected chi connectivity index (χ3v) is 3.46. The molecule has 0 aromatic heterocycles. The van der Waals surface area contributed by atoms with E-state index in [9.17, 15) is 8.78 Å². The Hall–Kier alpha value is -0.960. The van der Waals surface area contributed by atoms with E-state index in [1.165, 1.54) is 12.1 Å². The summed E-state index contributed by atoms with van der Waals surface area (Å²) in [6, 6.07) is 4.06. The zero-order valence-electron chi connectivity index (χ0n) is 11.5. The molecule has 0 saturated carbocycles. The molecule has 0 heterocycles. The Balaban J connectivity index is 2.81. The number of nitrogens with one attached hydrogen (secondary N) is 1. The van der Waals surface area contributed by atoms with E-state index < -0.39 is 11.6 Å². The Morgan fingerprint density at radius 1 is 1.00 bits per heavy atom. The second-order valence-electron chi connectivity index (χ2n) is 4.72. The topological polar surface area (TPSA) is 12.0 Å². The summed E-state index contributed by atoms with van der Waals surface area (Å²) in [6.07, 6.45) is 2.83. The maximum absolute atomic E-state index is 13.2. The average Bonchev–Trinajstić information content (AvgIpc) is 2.29. The molecule has 1 aromatic rings. The van der Waals surface area contributed by atoms with Gasteiger partial charge in [-0.05, 0) is 36.6 Å². The average molecular weight is 255 g/mol. The van der Waals surface area contributed by atoms with Crippen molar-refractivity contribution in [3.63, 3.8) is 0 Å². The predicted octanol–water partition coefficient (Wildman–Crippen LogP) is 3.92. The Kier molecular flexibility index (Phi) is 6.27. The molecule has 102 valence electrons. The van der Waals surface area contributed by atoms with Gasteiger partial charge in [0.2, 0.25) is 0 Å². The molecule has 0 fully saturated rings. The van der Waals surface area contributed by atoms with Gasteiger partial charge in [-0.25, -0.2) is 8.78 Å². The molecule has 1 unspecified atom stereocenters. The van der Waals surface area contributed by atoms with Crippen molar-refractivity contribution in [1.29, 1.82) is 0 Å². The molecule has 1 rings (SSSR count). The molecule has 0 aliphatic rings. The monoisotopic (exact) mass is 255 g/mol. The summed E-state index contributed by atoms with van der Waals surface area (Å²) in [5, 5.41) is 3.43. The van der Waals surface area contributed by atoms with Crippen molar-refractivity contribution in [2.45, 2.75) is 46.1 Å². The zero-order valence-corrected chi connectivity index (χ0v) is 11.5. The van der Waals surface area contributed by atoms with Gasteiger partial charge in [0.1, 0.15) is 11.6 Å². The van der Waals surface area contributed by atoms with Gasteiger partial charge in [-0.2, -0.15) is 0 Å². The lowest BCUT2D eigenvalue weighted by Gasteiger charge is -2.26. The molecule has 18 heavy (non-hydrogen) atoms. The van der Waals surface area contributed by atoms with Crippen LogP contribution in [0.15, 0.2) is 18.2 Å². The molecular weight excluding hydrogens is 232 g/mol. The number of halogens is 2. The van der Waals surface area contributed by atoms with Gasteiger partial charge >= 0.3 is 0 Å². The van der Waals surface area contributed by atoms with Gasteiger partial charge in [0, 0.05) is 12.1 Å². The normalized spacial score (nSPS) is 13.0. The molecule has 3 heteroatoms. The van der Waals surface area contributed by atoms with E-state index in [1.807, 2.05) is 0 Å². The zero-order chi connectivity index (χ0) is 13.5. The van der Waals surface area contributed by atoms with Gasteiger partial charge in [-0.15, -0.1) is 0 Å². The maximum atomic E-state index is 13.2. The lowest BCUT2D eigenvalue weighted by Crippen LogP contribution is -2.37. The first-order valence-corrected chi connectivity index (χ1v) is 6.79. The standard InChI is InChI=1S/C15H23F2N/c1-4-12(5-2)15(18-6-3)9-11-7-13(16)10-14(17)8-11/h7-8,10,12,15,18H,4-6,9H2,1-3H3. The summed E-state index contributed by atoms with van der Waals surface area (Å²) in [7, 11) is 0. The molecule has 0 amide bonds. The lowest BCUT2D eigenvalue weighted by molar-refractivity contribution is 0.336. The van der Waals surface area contributed by atoms with Gasteiger partial charge in [-0.3, -0.25) is 0 Å². The van der Waals surface area contributed by atoms with Crippen molar-refractivity contribution in [2.75, 3.05) is 6.54 Å². The van der Waals surface area contributed by atoms with Crippen molar-refractivity contribution in [3.05, 3.63) is 35.4 Å². The number of benzene rings is 1. The minimum atomic E-state index is -0.496. The van der Waals surface area contributed by atoms with Crippen LogP contribution < -0.4 is 5.32 Å². The van der Waals surface area contributed by atoms with Crippen LogP contribution in [0.2, 0.25) is 0 Å². The molecule has 1 aromatic carbocycles. The highest BCUT2D eigenvalue weighted by Crippen LogP contribution is 2.18. The van der Waals surface area contributed by atoms with Crippen LogP contribution in [-0.4, -0.2) is 12.6 Å². The SMILES string of the molecule is CCNC(Cc1cc(F)cc(F)c1)C(CC)CC. The second-order valence-corrected chi connectivity index (χ2v) is 4.72. The summed E-state index contributed by atoms with van der Waals surface area (Å²) >= 11 is 0. The molecule has 0 radical (unpaired) electrons. The molecule has 0 aliphatic heterocycles. The van der Waals surface area contributed by atoms with Gasteiger partial charge in [0.25, 0.3) is 0 Å². The number of hydrogen-bond donors (Lipinski definition) is 1. The van der Waals surface area contributed by atoms with E-state index in [2.05, 4.69) is 26.1 Å². The fourth-order valence-corrected chi connectivity index (χ4v) is 2.51. The van der Waals surface area contributed by atoms with Gasteiger partial charge in [-0.1, -0.05) is 33.6 Å². The third-order valence-electron chi connectivity index (χ3n) is 3.46. The van der Waals surface area contributed by atoms with E-state index in [4.69, 9.17) is 0 Å². The van der Waals surface area contributed by atoms with Crippen molar-refractivity contribution in [2.24, 2.45) is 5.92 Å². The van der Waals surface area contributed by atoms with E-state index >= 15 is 0 Å². The highest BCUT2D eigenvalue weighted by molar-refractivity contribution is 5.19. The van der Waals surface area contributed by atoms with E-state index in [0.717, 1.165) is 31.0 Å². The smallest absolute Gasteiger partial charge is 0.126 e. The Labute approximate surface area is 109 Å². The number of likely N-dealkylation sites (N-methyl/N-ethyl adjacent to an activating group) is 1. The van der Waals surface area contributed by atoms with Crippen molar-refractivity contribution >= 4 is 0 Å². The first kappa shape index (κ1) is 15.1. The summed E-state index contributed by atoms with van der Waals surface area (Å²) in [6.45, 7) is 7.25. The van der Waals surface area contributed by atoms with Crippen LogP contribution in [0, 0.1) is 17.6 Å². The van der Waals surface area contributed by atoms with Crippen LogP contribution in [0.1, 0.15) is 39.2 Å². The highest BCUT2D eigenvalue weighted by atomic mass is 19.1. The minimum absolute atomic E-state index is 0.284. The van der Waals surface area contributed by atoms with Crippen molar-refractivity contribution in [1.82, 2.24) is 5.32 Å². The second kappa shape index (κ2) is 7.47. The third kappa shape index (κ3) is 4.37. The largest absolute Gasteiger partial charge is 0.314 e. The molecule has 0 bridgehead atoms. The van der Waals surface area contributed by atoms with E-state index in [-0.39, 0.29) is 6.04 Å². The quantitative estimate of drug-likeness (QED) is 0.778. The van der Waals surface area contributed by atoms with Gasteiger partial charge in [0.05, 0.1) is 0 Å². The van der Waals surface area contributed by atoms with Crippen LogP contribution in [0.5, 0.6) is 0 Å². The summed E-state index contributed by atoms with van der Waals surface area (Å²) in [5.74, 6) is -0.453. The van der Waals surface area contributed by atoms with Gasteiger partial charge in [0.15, 0.2) is 0 Å². The summed E-state index contributed by atoms with van der Waals surface area (Å²) in [4.78, 5) is 0. The van der Waals surface area contributed by atoms with Crippen LogP contribution in [0.4, 0.5) is 8.78 Å². The molecular formula is C15H23F2N. The van der Waals surface area contributed by atoms with Crippen LogP contribution in [0.25, 0.3) is 0 Å². The first-order valence-electron chi connectivity index (χ1n) is 6.79. The van der Waals surface area contributed by atoms with Crippen LogP contribution in [-0.2, 0) is 6.42 Å². The Morgan fingerprint density at radius 2 is 1.56 bits per heavy atom. The Morgan fingerprint density at radius 3 is 2.00 bits per heavy atom. The van der Waals surface area contributed by atoms with Crippen LogP contribution >= 0.6 is 0 Å². The Bertz CT molecular complexity index is 341. The predicted molar refractivity (Wildman–Crippen MR) is 71.6 cm³/mol.